The molecule has 0 nitrogen and oxygen atoms in total. The van der Waals surface area contributed by atoms with Gasteiger partial charge in [-0.1, -0.05) is 0 Å². The van der Waals surface area contributed by atoms with Gasteiger partial charge in [-0.2, -0.15) is 0 Å². The number of halogens is 2. The summed E-state index contributed by atoms with van der Waals surface area (Å²) in [6.07, 6.45) is 16.6. The molecule has 2 aliphatic carbocycles. The second-order valence-electron chi connectivity index (χ2n) is 14.0. The van der Waals surface area contributed by atoms with Gasteiger partial charge in [-0.3, -0.25) is 0 Å². The zero-order valence-corrected chi connectivity index (χ0v) is 33.8. The topological polar surface area (TPSA) is 0 Å². The van der Waals surface area contributed by atoms with E-state index in [1.54, 1.807) is 39.9 Å². The average molecular weight is 755 g/mol. The van der Waals surface area contributed by atoms with Gasteiger partial charge in [0.2, 0.25) is 0 Å². The summed E-state index contributed by atoms with van der Waals surface area (Å²) in [5, 5.41) is 0. The van der Waals surface area contributed by atoms with Gasteiger partial charge >= 0.3 is 288 Å². The van der Waals surface area contributed by atoms with Gasteiger partial charge < -0.3 is 24.8 Å². The summed E-state index contributed by atoms with van der Waals surface area (Å²) < 4.78 is 5.36. The van der Waals surface area contributed by atoms with Crippen molar-refractivity contribution in [3.8, 4) is 11.1 Å². The number of hydrogen-bond donors (Lipinski definition) is 0. The normalized spacial score (nSPS) is 13.7. The van der Waals surface area contributed by atoms with Crippen molar-refractivity contribution in [2.75, 3.05) is 0 Å². The summed E-state index contributed by atoms with van der Waals surface area (Å²) in [5.74, 6) is 1.16. The Morgan fingerprint density at radius 1 is 0.729 bits per heavy atom. The predicted octanol–water partition coefficient (Wildman–Crippen LogP) is 5.43. The molecule has 48 heavy (non-hydrogen) atoms. The minimum absolute atomic E-state index is 0. The van der Waals surface area contributed by atoms with Crippen molar-refractivity contribution in [1.82, 2.24) is 0 Å². The average Bonchev–Trinajstić information content (AvgIpc) is 3.71. The van der Waals surface area contributed by atoms with Gasteiger partial charge in [-0.05, 0) is 0 Å². The van der Waals surface area contributed by atoms with Crippen molar-refractivity contribution in [1.29, 1.82) is 0 Å². The fraction of sp³-hybridized carbons (Fsp3) is 0.356. The van der Waals surface area contributed by atoms with E-state index in [1.165, 1.54) is 47.9 Å². The van der Waals surface area contributed by atoms with Gasteiger partial charge in [-0.25, -0.2) is 0 Å². The van der Waals surface area contributed by atoms with Gasteiger partial charge in [0, 0.05) is 0 Å². The summed E-state index contributed by atoms with van der Waals surface area (Å²) in [6.45, 7) is 14.5. The molecule has 0 fully saturated rings. The molecule has 0 spiro atoms. The molecular formula is C45H52Cl2Zr. The first-order valence-corrected chi connectivity index (χ1v) is 21.5. The zero-order chi connectivity index (χ0) is 32.2. The number of rotatable bonds is 12. The fourth-order valence-electron chi connectivity index (χ4n) is 8.33. The number of hydrogen-bond acceptors (Lipinski definition) is 0. The van der Waals surface area contributed by atoms with Crippen LogP contribution in [0.15, 0.2) is 100 Å². The van der Waals surface area contributed by atoms with Crippen LogP contribution < -0.4 is 28.1 Å². The maximum atomic E-state index is 2.65. The zero-order valence-electron chi connectivity index (χ0n) is 29.8. The molecule has 0 heterocycles. The first-order valence-electron chi connectivity index (χ1n) is 17.9. The molecule has 0 amide bonds. The molecule has 6 rings (SSSR count). The molecule has 2 aliphatic rings. The largest absolute Gasteiger partial charge is 1.00 e. The van der Waals surface area contributed by atoms with E-state index in [9.17, 15) is 0 Å². The molecule has 0 saturated heterocycles. The van der Waals surface area contributed by atoms with Crippen molar-refractivity contribution >= 4 is 6.48 Å². The Labute approximate surface area is 311 Å². The van der Waals surface area contributed by atoms with Gasteiger partial charge in [0.25, 0.3) is 0 Å². The number of benzene rings is 4. The molecule has 4 aromatic rings. The van der Waals surface area contributed by atoms with Crippen LogP contribution in [0.4, 0.5) is 0 Å². The van der Waals surface area contributed by atoms with Crippen molar-refractivity contribution < 1.29 is 46.1 Å². The van der Waals surface area contributed by atoms with Crippen LogP contribution in [0, 0.1) is 13.8 Å². The number of allylic oxidation sites excluding steroid dienone is 4. The van der Waals surface area contributed by atoms with Crippen molar-refractivity contribution in [3.63, 3.8) is 0 Å². The fourth-order valence-corrected chi connectivity index (χ4v) is 17.0. The Hall–Kier alpha value is -2.31. The first-order chi connectivity index (χ1) is 22.4. The van der Waals surface area contributed by atoms with E-state index in [2.05, 4.69) is 139 Å². The monoisotopic (exact) mass is 752 g/mol. The van der Waals surface area contributed by atoms with E-state index in [0.717, 1.165) is 25.7 Å². The molecule has 3 heteroatoms. The van der Waals surface area contributed by atoms with E-state index >= 15 is 0 Å². The molecule has 0 bridgehead atoms. The Balaban J connectivity index is 0.00000260. The maximum Gasteiger partial charge on any atom is -1.00 e. The Morgan fingerprint density at radius 2 is 1.29 bits per heavy atom. The number of fused-ring (bicyclic) bond motifs is 3. The summed E-state index contributed by atoms with van der Waals surface area (Å²) >= 11 is -2.59. The van der Waals surface area contributed by atoms with E-state index in [4.69, 9.17) is 0 Å². The number of aryl methyl sites for hydroxylation is 1. The summed E-state index contributed by atoms with van der Waals surface area (Å²) in [5.41, 5.74) is 15.5. The third-order valence-corrected chi connectivity index (χ3v) is 18.6. The Bertz CT molecular complexity index is 1750. The molecule has 0 aromatic heterocycles. The molecule has 0 aliphatic heterocycles. The summed E-state index contributed by atoms with van der Waals surface area (Å²) in [4.78, 5) is 0. The smallest absolute Gasteiger partial charge is 1.00 e. The molecule has 250 valence electrons. The maximum absolute atomic E-state index is 2.65. The standard InChI is InChI=1S/C25H33.C15H14.C5H5.2ClH.Zr/c1-7-9-16(3)22-14-24-20(11-18(22)5)13-21-12-19(6)23(15-25(21)24)17(4)10-8-2;1-3-8-14(9-4-1)12-7-13-15-10-5-2-6-11-15;1-2-4-5-3-1;;;/h11,14-17H,7-10,13H2,1-6H3;1-6,8-11H,12-13H2;1-3H,4H2;2*1H;/q;;;;;+2/p-2. The van der Waals surface area contributed by atoms with Crippen LogP contribution in [0.2, 0.25) is 0 Å². The molecule has 2 atom stereocenters. The van der Waals surface area contributed by atoms with Crippen molar-refractivity contribution in [3.05, 3.63) is 145 Å². The minimum atomic E-state index is -2.59. The van der Waals surface area contributed by atoms with Crippen LogP contribution in [0.25, 0.3) is 11.1 Å². The van der Waals surface area contributed by atoms with Crippen LogP contribution in [0.3, 0.4) is 0 Å². The van der Waals surface area contributed by atoms with Crippen LogP contribution in [-0.4, -0.2) is 3.21 Å². The first kappa shape index (κ1) is 38.5. The molecule has 0 radical (unpaired) electrons. The second-order valence-corrected chi connectivity index (χ2v) is 20.4. The third-order valence-electron chi connectivity index (χ3n) is 10.6. The second kappa shape index (κ2) is 17.6. The van der Waals surface area contributed by atoms with Crippen LogP contribution >= 0.6 is 0 Å². The Kier molecular flexibility index (Phi) is 14.1. The Morgan fingerprint density at radius 3 is 1.83 bits per heavy atom. The van der Waals surface area contributed by atoms with E-state index in [-0.39, 0.29) is 24.8 Å². The molecule has 0 saturated carbocycles. The predicted molar refractivity (Wildman–Crippen MR) is 198 cm³/mol. The van der Waals surface area contributed by atoms with Crippen LogP contribution in [-0.2, 0) is 40.5 Å². The summed E-state index contributed by atoms with van der Waals surface area (Å²) in [7, 11) is 0. The minimum Gasteiger partial charge on any atom is -1.00 e. The van der Waals surface area contributed by atoms with E-state index in [1.807, 2.05) is 3.21 Å². The van der Waals surface area contributed by atoms with Crippen molar-refractivity contribution in [2.45, 2.75) is 105 Å². The van der Waals surface area contributed by atoms with Crippen LogP contribution in [0.1, 0.15) is 116 Å². The van der Waals surface area contributed by atoms with Crippen LogP contribution in [0.5, 0.6) is 0 Å². The van der Waals surface area contributed by atoms with Gasteiger partial charge in [-0.15, -0.1) is 0 Å². The third kappa shape index (κ3) is 8.18. The molecule has 2 unspecified atom stereocenters. The van der Waals surface area contributed by atoms with E-state index in [0.29, 0.717) is 11.8 Å². The SMILES string of the molecule is CCCC(C)c1cc2c(cc1C)Cc1c-2cc(C(C)CCC)c(C)[c]1[Zr+2]([C]1=CC=CC1)=[C](Cc1ccccc1)Cc1ccccc1.[Cl-].[Cl-]. The van der Waals surface area contributed by atoms with E-state index < -0.39 is 21.3 Å². The van der Waals surface area contributed by atoms with Crippen molar-refractivity contribution in [2.24, 2.45) is 0 Å². The quantitative estimate of drug-likeness (QED) is 0.160. The molecule has 4 aromatic carbocycles. The van der Waals surface area contributed by atoms with Gasteiger partial charge in [0.15, 0.2) is 0 Å². The molecular weight excluding hydrogens is 703 g/mol. The van der Waals surface area contributed by atoms with Gasteiger partial charge in [0.05, 0.1) is 0 Å². The van der Waals surface area contributed by atoms with Gasteiger partial charge in [0.1, 0.15) is 0 Å². The molecule has 0 N–H and O–H groups in total. The summed E-state index contributed by atoms with van der Waals surface area (Å²) in [6, 6.07) is 30.4.